The van der Waals surface area contributed by atoms with E-state index in [1.165, 1.54) is 25.7 Å². The minimum atomic E-state index is 0.431. The number of methoxy groups -OCH3 is 1. The molecule has 0 N–H and O–H groups in total. The van der Waals surface area contributed by atoms with E-state index in [2.05, 4.69) is 40.9 Å². The number of nitrogens with zero attached hydrogens (tertiary/aromatic N) is 4. The van der Waals surface area contributed by atoms with Crippen LogP contribution >= 0.6 is 0 Å². The van der Waals surface area contributed by atoms with E-state index >= 15 is 0 Å². The molecule has 0 bridgehead atoms. The summed E-state index contributed by atoms with van der Waals surface area (Å²) in [7, 11) is 8.17. The summed E-state index contributed by atoms with van der Waals surface area (Å²) in [4.78, 5) is 13.2. The first-order valence-corrected chi connectivity index (χ1v) is 7.33. The number of rotatable bonds is 5. The van der Waals surface area contributed by atoms with Gasteiger partial charge in [0.15, 0.2) is 0 Å². The maximum Gasteiger partial charge on any atom is 0.316 e. The van der Waals surface area contributed by atoms with Gasteiger partial charge in [0, 0.05) is 36.6 Å². The van der Waals surface area contributed by atoms with Gasteiger partial charge in [0.05, 0.1) is 7.11 Å². The Morgan fingerprint density at radius 3 is 2.25 bits per heavy atom. The maximum atomic E-state index is 5.00. The molecule has 1 aliphatic carbocycles. The van der Waals surface area contributed by atoms with Crippen molar-refractivity contribution in [1.29, 1.82) is 0 Å². The summed E-state index contributed by atoms with van der Waals surface area (Å²) in [6.07, 6.45) is 8.96. The molecule has 0 aromatic carbocycles. The van der Waals surface area contributed by atoms with E-state index in [9.17, 15) is 0 Å². The minimum absolute atomic E-state index is 0.431. The highest BCUT2D eigenvalue weighted by Crippen LogP contribution is 2.26. The standard InChI is InChI=1S/C15H26N4O/c1-18(2)13-7-5-6-8-14(13)19(3)11-12-9-16-15(20-4)17-10-12/h9-10,13-14H,5-8,11H2,1-4H3. The first-order chi connectivity index (χ1) is 9.61. The fourth-order valence-corrected chi connectivity index (χ4v) is 3.14. The molecule has 1 saturated carbocycles. The molecule has 0 saturated heterocycles. The third-order valence-electron chi connectivity index (χ3n) is 4.22. The minimum Gasteiger partial charge on any atom is -0.467 e. The van der Waals surface area contributed by atoms with Gasteiger partial charge in [0.1, 0.15) is 0 Å². The quantitative estimate of drug-likeness (QED) is 0.821. The molecule has 20 heavy (non-hydrogen) atoms. The molecule has 5 heteroatoms. The molecule has 1 fully saturated rings. The molecule has 0 radical (unpaired) electrons. The average Bonchev–Trinajstić information content (AvgIpc) is 2.48. The maximum absolute atomic E-state index is 5.00. The van der Waals surface area contributed by atoms with Gasteiger partial charge in [0.2, 0.25) is 0 Å². The van der Waals surface area contributed by atoms with Gasteiger partial charge in [-0.3, -0.25) is 4.90 Å². The summed E-state index contributed by atoms with van der Waals surface area (Å²) in [6, 6.07) is 1.69. The number of ether oxygens (including phenoxy) is 1. The van der Waals surface area contributed by atoms with E-state index < -0.39 is 0 Å². The van der Waals surface area contributed by atoms with E-state index in [-0.39, 0.29) is 0 Å². The lowest BCUT2D eigenvalue weighted by atomic mass is 9.88. The highest BCUT2D eigenvalue weighted by atomic mass is 16.5. The van der Waals surface area contributed by atoms with Gasteiger partial charge in [0.25, 0.3) is 0 Å². The van der Waals surface area contributed by atoms with Crippen LogP contribution in [-0.4, -0.2) is 60.1 Å². The Morgan fingerprint density at radius 1 is 1.10 bits per heavy atom. The van der Waals surface area contributed by atoms with E-state index in [0.717, 1.165) is 12.1 Å². The lowest BCUT2D eigenvalue weighted by molar-refractivity contribution is 0.0875. The van der Waals surface area contributed by atoms with E-state index in [1.54, 1.807) is 7.11 Å². The van der Waals surface area contributed by atoms with Crippen molar-refractivity contribution < 1.29 is 4.74 Å². The molecule has 2 unspecified atom stereocenters. The van der Waals surface area contributed by atoms with Crippen LogP contribution < -0.4 is 4.74 Å². The normalized spacial score (nSPS) is 23.3. The molecule has 1 aromatic heterocycles. The van der Waals surface area contributed by atoms with Crippen LogP contribution in [0.1, 0.15) is 31.2 Å². The Balaban J connectivity index is 1.99. The van der Waals surface area contributed by atoms with Gasteiger partial charge in [-0.2, -0.15) is 0 Å². The van der Waals surface area contributed by atoms with Crippen LogP contribution in [0.5, 0.6) is 6.01 Å². The van der Waals surface area contributed by atoms with Crippen LogP contribution in [0.25, 0.3) is 0 Å². The third-order valence-corrected chi connectivity index (χ3v) is 4.22. The zero-order valence-electron chi connectivity index (χ0n) is 13.0. The highest BCUT2D eigenvalue weighted by Gasteiger charge is 2.29. The summed E-state index contributed by atoms with van der Waals surface area (Å²) in [5.41, 5.74) is 1.14. The van der Waals surface area contributed by atoms with E-state index in [4.69, 9.17) is 4.74 Å². The molecule has 112 valence electrons. The van der Waals surface area contributed by atoms with Crippen LogP contribution in [0.4, 0.5) is 0 Å². The topological polar surface area (TPSA) is 41.5 Å². The van der Waals surface area contributed by atoms with Gasteiger partial charge in [-0.1, -0.05) is 12.8 Å². The Bertz CT molecular complexity index is 407. The second-order valence-corrected chi connectivity index (χ2v) is 5.88. The molecule has 0 spiro atoms. The van der Waals surface area contributed by atoms with Crippen molar-refractivity contribution >= 4 is 0 Å². The summed E-state index contributed by atoms with van der Waals surface area (Å²) in [5.74, 6) is 0. The number of hydrogen-bond acceptors (Lipinski definition) is 5. The van der Waals surface area contributed by atoms with Crippen molar-refractivity contribution in [1.82, 2.24) is 19.8 Å². The van der Waals surface area contributed by atoms with Crippen molar-refractivity contribution in [2.75, 3.05) is 28.3 Å². The number of aromatic nitrogens is 2. The predicted octanol–water partition coefficient (Wildman–Crippen LogP) is 1.79. The average molecular weight is 278 g/mol. The van der Waals surface area contributed by atoms with Gasteiger partial charge in [-0.05, 0) is 34.0 Å². The van der Waals surface area contributed by atoms with Crippen molar-refractivity contribution in [3.8, 4) is 6.01 Å². The monoisotopic (exact) mass is 278 g/mol. The molecule has 1 heterocycles. The fourth-order valence-electron chi connectivity index (χ4n) is 3.14. The lowest BCUT2D eigenvalue weighted by Gasteiger charge is -2.41. The molecule has 5 nitrogen and oxygen atoms in total. The lowest BCUT2D eigenvalue weighted by Crippen LogP contribution is -2.49. The molecular weight excluding hydrogens is 252 g/mol. The van der Waals surface area contributed by atoms with Crippen LogP contribution in [0.2, 0.25) is 0 Å². The second-order valence-electron chi connectivity index (χ2n) is 5.88. The summed E-state index contributed by atoms with van der Waals surface area (Å²) >= 11 is 0. The molecule has 0 aliphatic heterocycles. The molecule has 0 amide bonds. The van der Waals surface area contributed by atoms with Crippen molar-refractivity contribution in [2.45, 2.75) is 44.3 Å². The Labute approximate surface area is 122 Å². The number of likely N-dealkylation sites (N-methyl/N-ethyl adjacent to an activating group) is 2. The Morgan fingerprint density at radius 2 is 1.70 bits per heavy atom. The zero-order chi connectivity index (χ0) is 14.5. The van der Waals surface area contributed by atoms with E-state index in [0.29, 0.717) is 18.1 Å². The first kappa shape index (κ1) is 15.2. The first-order valence-electron chi connectivity index (χ1n) is 7.33. The largest absolute Gasteiger partial charge is 0.467 e. The smallest absolute Gasteiger partial charge is 0.316 e. The van der Waals surface area contributed by atoms with Crippen LogP contribution in [-0.2, 0) is 6.54 Å². The molecule has 1 aliphatic rings. The highest BCUT2D eigenvalue weighted by molar-refractivity contribution is 5.07. The Kier molecular flexibility index (Phi) is 5.31. The van der Waals surface area contributed by atoms with Crippen LogP contribution in [0, 0.1) is 0 Å². The zero-order valence-corrected chi connectivity index (χ0v) is 13.0. The third kappa shape index (κ3) is 3.67. The van der Waals surface area contributed by atoms with Gasteiger partial charge in [-0.25, -0.2) is 9.97 Å². The molecule has 2 atom stereocenters. The summed E-state index contributed by atoms with van der Waals surface area (Å²) < 4.78 is 5.00. The van der Waals surface area contributed by atoms with Crippen LogP contribution in [0.15, 0.2) is 12.4 Å². The molecular formula is C15H26N4O. The molecule has 1 aromatic rings. The van der Waals surface area contributed by atoms with Crippen LogP contribution in [0.3, 0.4) is 0 Å². The van der Waals surface area contributed by atoms with E-state index in [1.807, 2.05) is 12.4 Å². The van der Waals surface area contributed by atoms with Crippen molar-refractivity contribution in [2.24, 2.45) is 0 Å². The predicted molar refractivity (Wildman–Crippen MR) is 79.8 cm³/mol. The SMILES string of the molecule is COc1ncc(CN(C)C2CCCCC2N(C)C)cn1. The van der Waals surface area contributed by atoms with Gasteiger partial charge in [-0.15, -0.1) is 0 Å². The second kappa shape index (κ2) is 6.99. The van der Waals surface area contributed by atoms with Crippen molar-refractivity contribution in [3.63, 3.8) is 0 Å². The summed E-state index contributed by atoms with van der Waals surface area (Å²) in [5, 5.41) is 0. The molecule has 2 rings (SSSR count). The fraction of sp³-hybridized carbons (Fsp3) is 0.733. The van der Waals surface area contributed by atoms with Crippen molar-refractivity contribution in [3.05, 3.63) is 18.0 Å². The number of hydrogen-bond donors (Lipinski definition) is 0. The van der Waals surface area contributed by atoms with Gasteiger partial charge < -0.3 is 9.64 Å². The summed E-state index contributed by atoms with van der Waals surface area (Å²) in [6.45, 7) is 0.888. The van der Waals surface area contributed by atoms with Gasteiger partial charge >= 0.3 is 6.01 Å². The Hall–Kier alpha value is -1.20.